The average Bonchev–Trinajstić information content (AvgIpc) is 3.52. The van der Waals surface area contributed by atoms with Gasteiger partial charge in [0.15, 0.2) is 17.3 Å². The van der Waals surface area contributed by atoms with Crippen molar-refractivity contribution in [2.75, 3.05) is 0 Å². The van der Waals surface area contributed by atoms with Crippen LogP contribution in [-0.2, 0) is 4.74 Å². The third-order valence-corrected chi connectivity index (χ3v) is 8.41. The topological polar surface area (TPSA) is 125 Å². The Bertz CT molecular complexity index is 1690. The van der Waals surface area contributed by atoms with E-state index in [0.29, 0.717) is 5.56 Å². The van der Waals surface area contributed by atoms with Crippen molar-refractivity contribution in [1.29, 1.82) is 0 Å². The molecular weight excluding hydrogens is 510 g/mol. The first-order chi connectivity index (χ1) is 19.3. The zero-order valence-electron chi connectivity index (χ0n) is 20.9. The molecule has 0 amide bonds. The van der Waals surface area contributed by atoms with Crippen molar-refractivity contribution < 1.29 is 34.3 Å². The van der Waals surface area contributed by atoms with Crippen molar-refractivity contribution in [3.8, 4) is 0 Å². The number of quaternary nitrogens is 1. The van der Waals surface area contributed by atoms with E-state index in [4.69, 9.17) is 4.74 Å². The predicted octanol–water partition coefficient (Wildman–Crippen LogP) is 3.83. The number of nitrogens with one attached hydrogen (secondary N) is 1. The summed E-state index contributed by atoms with van der Waals surface area (Å²) in [5, 5.41) is 20.6. The van der Waals surface area contributed by atoms with Crippen molar-refractivity contribution in [1.82, 2.24) is 0 Å². The van der Waals surface area contributed by atoms with E-state index in [1.165, 1.54) is 30.3 Å². The van der Waals surface area contributed by atoms with Gasteiger partial charge >= 0.3 is 0 Å². The molecule has 40 heavy (non-hydrogen) atoms. The van der Waals surface area contributed by atoms with Crippen LogP contribution >= 0.6 is 0 Å². The van der Waals surface area contributed by atoms with Gasteiger partial charge in [0.2, 0.25) is 17.2 Å². The Balaban J connectivity index is 1.60. The number of benzene rings is 4. The Morgan fingerprint density at radius 1 is 0.625 bits per heavy atom. The predicted molar refractivity (Wildman–Crippen MR) is 141 cm³/mol. The molecule has 0 bridgehead atoms. The summed E-state index contributed by atoms with van der Waals surface area (Å²) in [7, 11) is 0. The van der Waals surface area contributed by atoms with E-state index in [-0.39, 0.29) is 33.5 Å². The van der Waals surface area contributed by atoms with Crippen molar-refractivity contribution in [2.45, 2.75) is 17.6 Å². The number of carbonyl (C=O) groups excluding carboxylic acids is 4. The van der Waals surface area contributed by atoms with Crippen LogP contribution in [0, 0.1) is 10.6 Å². The van der Waals surface area contributed by atoms with E-state index in [1.54, 1.807) is 72.8 Å². The molecule has 4 aromatic carbocycles. The van der Waals surface area contributed by atoms with Crippen LogP contribution in [0.4, 0.5) is 5.69 Å². The van der Waals surface area contributed by atoms with Gasteiger partial charge in [-0.15, -0.1) is 0 Å². The summed E-state index contributed by atoms with van der Waals surface area (Å²) in [4.78, 5) is 57.9. The number of hydrogen-bond acceptors (Lipinski definition) is 7. The lowest BCUT2D eigenvalue weighted by atomic mass is 9.60. The van der Waals surface area contributed by atoms with Gasteiger partial charge in [-0.1, -0.05) is 91.0 Å². The molecular formula is C32H21NO7. The molecule has 4 aromatic rings. The Hall–Kier alpha value is -4.60. The first-order valence-electron chi connectivity index (χ1n) is 12.8. The molecule has 0 saturated carbocycles. The molecule has 3 aliphatic rings. The Morgan fingerprint density at radius 2 is 1.10 bits per heavy atom. The Kier molecular flexibility index (Phi) is 5.16. The standard InChI is InChI=1S/C32H21NO7/c34-26-21-13-4-5-14-22(21)27(35)31(26)25(19-11-8-12-20(17-19)33(38)39)32(40-30(31)18-9-2-1-3-10-18)28(36)23-15-6-7-16-24(23)29(32)37/h1-17,25,30,33,38H/t25-,30-/m0/s1. The molecule has 2 aliphatic carbocycles. The number of Topliss-reactive ketones (excluding diaryl/α,β-unsaturated/α-hetero) is 4. The SMILES string of the molecule is O=C1c2ccccc2C(=O)C12O[C@@H](c1ccccc1)C1(C(=O)c3ccccc3C1=O)[C@@H]2c1cccc([NH+]([O-])O)c1. The Morgan fingerprint density at radius 3 is 1.62 bits per heavy atom. The molecule has 0 radical (unpaired) electrons. The van der Waals surface area contributed by atoms with Crippen LogP contribution in [0.5, 0.6) is 0 Å². The van der Waals surface area contributed by atoms with Crippen LogP contribution in [-0.4, -0.2) is 33.9 Å². The fourth-order valence-corrected chi connectivity index (χ4v) is 6.81. The number of ketones is 4. The highest BCUT2D eigenvalue weighted by atomic mass is 16.8. The fourth-order valence-electron chi connectivity index (χ4n) is 6.81. The highest BCUT2D eigenvalue weighted by Gasteiger charge is 2.79. The highest BCUT2D eigenvalue weighted by molar-refractivity contribution is 6.37. The number of carbonyl (C=O) groups is 4. The molecule has 1 unspecified atom stereocenters. The summed E-state index contributed by atoms with van der Waals surface area (Å²) in [6, 6.07) is 27.0. The molecule has 1 heterocycles. The average molecular weight is 532 g/mol. The monoisotopic (exact) mass is 531 g/mol. The maximum absolute atomic E-state index is 14.6. The smallest absolute Gasteiger partial charge is 0.204 e. The van der Waals surface area contributed by atoms with E-state index in [2.05, 4.69) is 0 Å². The normalized spacial score (nSPS) is 22.6. The molecule has 1 saturated heterocycles. The fraction of sp³-hybridized carbons (Fsp3) is 0.125. The third kappa shape index (κ3) is 2.88. The molecule has 7 rings (SSSR count). The summed E-state index contributed by atoms with van der Waals surface area (Å²) in [5.41, 5.74) is -3.20. The minimum atomic E-state index is -2.27. The minimum absolute atomic E-state index is 0.114. The second-order valence-corrected chi connectivity index (χ2v) is 10.3. The van der Waals surface area contributed by atoms with E-state index in [1.807, 2.05) is 0 Å². The van der Waals surface area contributed by atoms with Gasteiger partial charge in [0, 0.05) is 34.4 Å². The minimum Gasteiger partial charge on any atom is -0.595 e. The summed E-state index contributed by atoms with van der Waals surface area (Å²) in [5.74, 6) is -3.90. The lowest BCUT2D eigenvalue weighted by Gasteiger charge is -2.34. The second-order valence-electron chi connectivity index (χ2n) is 10.3. The summed E-state index contributed by atoms with van der Waals surface area (Å²) in [6.07, 6.45) is -1.30. The molecule has 0 aromatic heterocycles. The quantitative estimate of drug-likeness (QED) is 0.304. The number of hydrogen-bond donors (Lipinski definition) is 2. The first kappa shape index (κ1) is 24.4. The van der Waals surface area contributed by atoms with Crippen molar-refractivity contribution in [3.63, 3.8) is 0 Å². The van der Waals surface area contributed by atoms with Crippen molar-refractivity contribution in [2.24, 2.45) is 5.41 Å². The van der Waals surface area contributed by atoms with Gasteiger partial charge < -0.3 is 9.94 Å². The van der Waals surface area contributed by atoms with Crippen LogP contribution in [0.3, 0.4) is 0 Å². The van der Waals surface area contributed by atoms with Gasteiger partial charge in [0.25, 0.3) is 0 Å². The number of fused-ring (bicyclic) bond motifs is 2. The van der Waals surface area contributed by atoms with Crippen LogP contribution in [0.25, 0.3) is 0 Å². The zero-order chi connectivity index (χ0) is 27.8. The third-order valence-electron chi connectivity index (χ3n) is 8.41. The molecule has 2 spiro atoms. The highest BCUT2D eigenvalue weighted by Crippen LogP contribution is 2.67. The van der Waals surface area contributed by atoms with E-state index < -0.39 is 51.4 Å². The molecule has 1 fully saturated rings. The first-order valence-corrected chi connectivity index (χ1v) is 12.8. The number of ether oxygens (including phenoxy) is 1. The van der Waals surface area contributed by atoms with Gasteiger partial charge in [0.1, 0.15) is 11.5 Å². The Labute approximate surface area is 228 Å². The lowest BCUT2D eigenvalue weighted by Crippen LogP contribution is -2.99. The second kappa shape index (κ2) is 8.45. The van der Waals surface area contributed by atoms with E-state index >= 15 is 0 Å². The zero-order valence-corrected chi connectivity index (χ0v) is 20.9. The van der Waals surface area contributed by atoms with Gasteiger partial charge in [0.05, 0.1) is 5.92 Å². The summed E-state index contributed by atoms with van der Waals surface area (Å²) >= 11 is 0. The molecule has 2 N–H and O–H groups in total. The maximum atomic E-state index is 14.6. The van der Waals surface area contributed by atoms with Gasteiger partial charge in [-0.3, -0.25) is 19.2 Å². The lowest BCUT2D eigenvalue weighted by molar-refractivity contribution is -0.991. The van der Waals surface area contributed by atoms with Gasteiger partial charge in [-0.2, -0.15) is 5.23 Å². The number of rotatable bonds is 3. The maximum Gasteiger partial charge on any atom is 0.204 e. The molecule has 1 aliphatic heterocycles. The van der Waals surface area contributed by atoms with Crippen LogP contribution in [0.1, 0.15) is 64.6 Å². The van der Waals surface area contributed by atoms with Crippen LogP contribution in [0.15, 0.2) is 103 Å². The molecule has 8 heteroatoms. The van der Waals surface area contributed by atoms with Crippen LogP contribution < -0.4 is 5.23 Å². The largest absolute Gasteiger partial charge is 0.595 e. The summed E-state index contributed by atoms with van der Waals surface area (Å²) < 4.78 is 6.59. The van der Waals surface area contributed by atoms with E-state index in [9.17, 15) is 29.6 Å². The van der Waals surface area contributed by atoms with Gasteiger partial charge in [-0.05, 0) is 11.1 Å². The van der Waals surface area contributed by atoms with Crippen molar-refractivity contribution in [3.05, 3.63) is 142 Å². The van der Waals surface area contributed by atoms with Crippen LogP contribution in [0.2, 0.25) is 0 Å². The molecule has 196 valence electrons. The van der Waals surface area contributed by atoms with Gasteiger partial charge in [-0.25, -0.2) is 5.21 Å². The summed E-state index contributed by atoms with van der Waals surface area (Å²) in [6.45, 7) is 0. The molecule has 3 atom stereocenters. The van der Waals surface area contributed by atoms with Crippen molar-refractivity contribution >= 4 is 28.8 Å². The molecule has 8 nitrogen and oxygen atoms in total. The van der Waals surface area contributed by atoms with E-state index in [0.717, 1.165) is 0 Å².